The Bertz CT molecular complexity index is 326. The summed E-state index contributed by atoms with van der Waals surface area (Å²) in [4.78, 5) is 0. The normalized spacial score (nSPS) is 14.9. The lowest BCUT2D eigenvalue weighted by molar-refractivity contribution is 0.597. The van der Waals surface area contributed by atoms with Crippen molar-refractivity contribution in [2.75, 3.05) is 18.6 Å². The zero-order chi connectivity index (χ0) is 11.3. The predicted molar refractivity (Wildman–Crippen MR) is 74.5 cm³/mol. The third kappa shape index (κ3) is 5.08. The number of halogens is 1. The van der Waals surface area contributed by atoms with Gasteiger partial charge in [0, 0.05) is 39.0 Å². The van der Waals surface area contributed by atoms with Crippen LogP contribution in [0.25, 0.3) is 0 Å². The van der Waals surface area contributed by atoms with Crippen LogP contribution in [0.2, 0.25) is 0 Å². The van der Waals surface area contributed by atoms with Gasteiger partial charge < -0.3 is 5.32 Å². The standard InChI is InChI=1S/C11H16INOS/c1-9(13-7-8-15(2)14)10-3-5-11(12)6-4-10/h3-6,9,13H,7-8H2,1-2H3. The van der Waals surface area contributed by atoms with Gasteiger partial charge in [0.2, 0.25) is 0 Å². The molecule has 15 heavy (non-hydrogen) atoms. The second kappa shape index (κ2) is 6.60. The SMILES string of the molecule is CC(NCCS(C)=O)c1ccc(I)cc1. The van der Waals surface area contributed by atoms with Crippen LogP contribution in [0.1, 0.15) is 18.5 Å². The molecule has 2 atom stereocenters. The number of hydrogen-bond donors (Lipinski definition) is 1. The molecule has 84 valence electrons. The van der Waals surface area contributed by atoms with Crippen LogP contribution >= 0.6 is 22.6 Å². The molecule has 0 aliphatic heterocycles. The minimum atomic E-state index is -0.706. The molecular formula is C11H16INOS. The molecular weight excluding hydrogens is 321 g/mol. The molecule has 0 aromatic heterocycles. The summed E-state index contributed by atoms with van der Waals surface area (Å²) in [6.07, 6.45) is 1.73. The summed E-state index contributed by atoms with van der Waals surface area (Å²) in [5.41, 5.74) is 1.28. The number of hydrogen-bond acceptors (Lipinski definition) is 2. The van der Waals surface area contributed by atoms with E-state index in [1.165, 1.54) is 9.13 Å². The molecule has 2 unspecified atom stereocenters. The third-order valence-electron chi connectivity index (χ3n) is 2.21. The van der Waals surface area contributed by atoms with Gasteiger partial charge in [-0.3, -0.25) is 4.21 Å². The van der Waals surface area contributed by atoms with E-state index in [2.05, 4.69) is 59.1 Å². The van der Waals surface area contributed by atoms with Crippen LogP contribution in [-0.4, -0.2) is 22.8 Å². The van der Waals surface area contributed by atoms with Crippen molar-refractivity contribution < 1.29 is 4.21 Å². The smallest absolute Gasteiger partial charge is 0.0357 e. The lowest BCUT2D eigenvalue weighted by Crippen LogP contribution is -2.23. The van der Waals surface area contributed by atoms with Crippen molar-refractivity contribution in [2.45, 2.75) is 13.0 Å². The monoisotopic (exact) mass is 337 g/mol. The molecule has 1 N–H and O–H groups in total. The van der Waals surface area contributed by atoms with E-state index in [0.29, 0.717) is 11.8 Å². The van der Waals surface area contributed by atoms with Crippen LogP contribution in [0, 0.1) is 3.57 Å². The number of nitrogens with one attached hydrogen (secondary N) is 1. The Kier molecular flexibility index (Phi) is 5.78. The fourth-order valence-electron chi connectivity index (χ4n) is 1.29. The van der Waals surface area contributed by atoms with Crippen LogP contribution in [0.5, 0.6) is 0 Å². The lowest BCUT2D eigenvalue weighted by Gasteiger charge is -2.13. The molecule has 0 aliphatic rings. The molecule has 0 spiro atoms. The van der Waals surface area contributed by atoms with Crippen molar-refractivity contribution in [2.24, 2.45) is 0 Å². The first-order valence-electron chi connectivity index (χ1n) is 4.88. The molecule has 0 saturated heterocycles. The molecule has 2 nitrogen and oxygen atoms in total. The van der Waals surface area contributed by atoms with Crippen LogP contribution in [0.4, 0.5) is 0 Å². The van der Waals surface area contributed by atoms with Gasteiger partial charge in [-0.1, -0.05) is 12.1 Å². The lowest BCUT2D eigenvalue weighted by atomic mass is 10.1. The largest absolute Gasteiger partial charge is 0.309 e. The summed E-state index contributed by atoms with van der Waals surface area (Å²) in [5, 5.41) is 3.35. The van der Waals surface area contributed by atoms with E-state index in [4.69, 9.17) is 0 Å². The number of rotatable bonds is 5. The Morgan fingerprint density at radius 1 is 1.40 bits per heavy atom. The molecule has 0 amide bonds. The van der Waals surface area contributed by atoms with Crippen molar-refractivity contribution >= 4 is 33.4 Å². The summed E-state index contributed by atoms with van der Waals surface area (Å²) in [6, 6.07) is 8.79. The molecule has 1 aromatic carbocycles. The fourth-order valence-corrected chi connectivity index (χ4v) is 2.05. The molecule has 1 aromatic rings. The number of benzene rings is 1. The van der Waals surface area contributed by atoms with Gasteiger partial charge >= 0.3 is 0 Å². The van der Waals surface area contributed by atoms with E-state index in [0.717, 1.165) is 6.54 Å². The summed E-state index contributed by atoms with van der Waals surface area (Å²) >= 11 is 2.30. The summed E-state index contributed by atoms with van der Waals surface area (Å²) in [6.45, 7) is 2.93. The first-order chi connectivity index (χ1) is 7.09. The van der Waals surface area contributed by atoms with E-state index in [9.17, 15) is 4.21 Å². The minimum Gasteiger partial charge on any atom is -0.309 e. The van der Waals surface area contributed by atoms with Gasteiger partial charge in [0.15, 0.2) is 0 Å². The predicted octanol–water partition coefficient (Wildman–Crippen LogP) is 2.32. The van der Waals surface area contributed by atoms with Gasteiger partial charge in [0.25, 0.3) is 0 Å². The topological polar surface area (TPSA) is 29.1 Å². The molecule has 0 aliphatic carbocycles. The maximum Gasteiger partial charge on any atom is 0.0357 e. The molecule has 4 heteroatoms. The Hall–Kier alpha value is 0.0600. The Balaban J connectivity index is 2.43. The summed E-state index contributed by atoms with van der Waals surface area (Å²) < 4.78 is 12.1. The second-order valence-corrected chi connectivity index (χ2v) is 6.30. The van der Waals surface area contributed by atoms with Crippen molar-refractivity contribution in [3.63, 3.8) is 0 Å². The highest BCUT2D eigenvalue weighted by atomic mass is 127. The molecule has 0 radical (unpaired) electrons. The maximum absolute atomic E-state index is 10.9. The first-order valence-corrected chi connectivity index (χ1v) is 7.69. The van der Waals surface area contributed by atoms with Crippen LogP contribution in [0.3, 0.4) is 0 Å². The molecule has 0 heterocycles. The van der Waals surface area contributed by atoms with E-state index in [1.807, 2.05) is 0 Å². The van der Waals surface area contributed by atoms with Crippen molar-refractivity contribution in [3.05, 3.63) is 33.4 Å². The molecule has 1 rings (SSSR count). The van der Waals surface area contributed by atoms with Crippen LogP contribution in [0.15, 0.2) is 24.3 Å². The first kappa shape index (κ1) is 13.1. The van der Waals surface area contributed by atoms with Crippen molar-refractivity contribution in [1.29, 1.82) is 0 Å². The fraction of sp³-hybridized carbons (Fsp3) is 0.455. The Morgan fingerprint density at radius 3 is 2.53 bits per heavy atom. The van der Waals surface area contributed by atoms with Gasteiger partial charge in [-0.05, 0) is 47.2 Å². The van der Waals surface area contributed by atoms with Crippen LogP contribution < -0.4 is 5.32 Å². The van der Waals surface area contributed by atoms with E-state index in [1.54, 1.807) is 6.26 Å². The summed E-state index contributed by atoms with van der Waals surface area (Å²) in [5.74, 6) is 0.717. The van der Waals surface area contributed by atoms with Gasteiger partial charge in [0.1, 0.15) is 0 Å². The summed E-state index contributed by atoms with van der Waals surface area (Å²) in [7, 11) is -0.706. The van der Waals surface area contributed by atoms with Gasteiger partial charge in [-0.15, -0.1) is 0 Å². The minimum absolute atomic E-state index is 0.325. The third-order valence-corrected chi connectivity index (χ3v) is 3.71. The van der Waals surface area contributed by atoms with Crippen molar-refractivity contribution in [1.82, 2.24) is 5.32 Å². The maximum atomic E-state index is 10.9. The average molecular weight is 337 g/mol. The van der Waals surface area contributed by atoms with Crippen molar-refractivity contribution in [3.8, 4) is 0 Å². The van der Waals surface area contributed by atoms with E-state index >= 15 is 0 Å². The molecule has 0 saturated carbocycles. The quantitative estimate of drug-likeness (QED) is 0.836. The Labute approximate surface area is 107 Å². The Morgan fingerprint density at radius 2 is 2.00 bits per heavy atom. The highest BCUT2D eigenvalue weighted by molar-refractivity contribution is 14.1. The van der Waals surface area contributed by atoms with E-state index < -0.39 is 10.8 Å². The van der Waals surface area contributed by atoms with Gasteiger partial charge in [0.05, 0.1) is 0 Å². The van der Waals surface area contributed by atoms with Crippen LogP contribution in [-0.2, 0) is 10.8 Å². The van der Waals surface area contributed by atoms with E-state index in [-0.39, 0.29) is 0 Å². The second-order valence-electron chi connectivity index (χ2n) is 3.50. The zero-order valence-electron chi connectivity index (χ0n) is 9.00. The van der Waals surface area contributed by atoms with Gasteiger partial charge in [-0.25, -0.2) is 0 Å². The molecule has 0 bridgehead atoms. The average Bonchev–Trinajstić information content (AvgIpc) is 2.18. The molecule has 0 fully saturated rings. The highest BCUT2D eigenvalue weighted by Crippen LogP contribution is 2.13. The zero-order valence-corrected chi connectivity index (χ0v) is 12.0. The van der Waals surface area contributed by atoms with Gasteiger partial charge in [-0.2, -0.15) is 0 Å². The highest BCUT2D eigenvalue weighted by Gasteiger charge is 2.03.